The molecule has 0 radical (unpaired) electrons. The molecule has 1 heterocycles. The molecule has 144 valence electrons. The van der Waals surface area contributed by atoms with Gasteiger partial charge in [0.05, 0.1) is 13.7 Å². The van der Waals surface area contributed by atoms with Crippen molar-refractivity contribution in [2.45, 2.75) is 32.6 Å². The number of amides is 3. The first kappa shape index (κ1) is 19.9. The minimum atomic E-state index is -0.185. The molecule has 0 atom stereocenters. The molecule has 2 rings (SSSR count). The Labute approximate surface area is 155 Å². The molecule has 26 heavy (non-hydrogen) atoms. The van der Waals surface area contributed by atoms with E-state index in [9.17, 15) is 9.59 Å². The first-order valence-corrected chi connectivity index (χ1v) is 9.23. The van der Waals surface area contributed by atoms with Crippen LogP contribution in [0.4, 0.5) is 4.79 Å². The number of nitrogens with one attached hydrogen (secondary N) is 2. The highest BCUT2D eigenvalue weighted by atomic mass is 16.5. The summed E-state index contributed by atoms with van der Waals surface area (Å²) in [6.45, 7) is 5.17. The first-order valence-electron chi connectivity index (χ1n) is 9.23. The van der Waals surface area contributed by atoms with Crippen molar-refractivity contribution in [1.29, 1.82) is 0 Å². The smallest absolute Gasteiger partial charge is 0.314 e. The van der Waals surface area contributed by atoms with E-state index in [2.05, 4.69) is 10.6 Å². The van der Waals surface area contributed by atoms with Crippen molar-refractivity contribution >= 4 is 11.9 Å². The number of urea groups is 1. The molecule has 1 aromatic carbocycles. The van der Waals surface area contributed by atoms with Gasteiger partial charge in [-0.3, -0.25) is 4.79 Å². The summed E-state index contributed by atoms with van der Waals surface area (Å²) in [7, 11) is 1.61. The van der Waals surface area contributed by atoms with E-state index in [0.29, 0.717) is 44.8 Å². The average molecular weight is 363 g/mol. The number of hydrogen-bond acceptors (Lipinski definition) is 4. The average Bonchev–Trinajstić information content (AvgIpc) is 3.05. The molecule has 3 amide bonds. The van der Waals surface area contributed by atoms with Gasteiger partial charge in [-0.25, -0.2) is 4.79 Å². The molecule has 2 N–H and O–H groups in total. The summed E-state index contributed by atoms with van der Waals surface area (Å²) < 4.78 is 10.8. The second-order valence-corrected chi connectivity index (χ2v) is 6.19. The van der Waals surface area contributed by atoms with Crippen LogP contribution in [-0.2, 0) is 11.2 Å². The third-order valence-corrected chi connectivity index (χ3v) is 4.29. The Morgan fingerprint density at radius 3 is 2.73 bits per heavy atom. The van der Waals surface area contributed by atoms with Crippen molar-refractivity contribution < 1.29 is 19.1 Å². The number of nitrogens with zero attached hydrogens (tertiary/aromatic N) is 1. The Morgan fingerprint density at radius 2 is 2.04 bits per heavy atom. The van der Waals surface area contributed by atoms with Crippen molar-refractivity contribution in [1.82, 2.24) is 15.5 Å². The highest BCUT2D eigenvalue weighted by Gasteiger charge is 2.18. The molecule has 0 saturated carbocycles. The van der Waals surface area contributed by atoms with Gasteiger partial charge in [0.15, 0.2) is 11.5 Å². The number of carbonyl (C=O) groups is 2. The quantitative estimate of drug-likeness (QED) is 0.623. The highest BCUT2D eigenvalue weighted by molar-refractivity contribution is 5.78. The van der Waals surface area contributed by atoms with Crippen LogP contribution in [0.25, 0.3) is 0 Å². The number of likely N-dealkylation sites (tertiary alicyclic amines) is 1. The standard InChI is InChI=1S/C19H29N3O4/c1-3-26-16-8-7-15(14-17(16)25-2)9-11-21-19(24)20-10-5-13-22-12-4-6-18(22)23/h7-8,14H,3-6,9-13H2,1-2H3,(H2,20,21,24). The van der Waals surface area contributed by atoms with E-state index >= 15 is 0 Å². The molecule has 0 aromatic heterocycles. The summed E-state index contributed by atoms with van der Waals surface area (Å²) in [5.74, 6) is 1.64. The van der Waals surface area contributed by atoms with E-state index in [-0.39, 0.29) is 11.9 Å². The number of carbonyl (C=O) groups excluding carboxylic acids is 2. The predicted octanol–water partition coefficient (Wildman–Crippen LogP) is 1.95. The van der Waals surface area contributed by atoms with E-state index in [4.69, 9.17) is 9.47 Å². The van der Waals surface area contributed by atoms with Gasteiger partial charge in [-0.15, -0.1) is 0 Å². The van der Waals surface area contributed by atoms with Crippen LogP contribution in [0.3, 0.4) is 0 Å². The van der Waals surface area contributed by atoms with E-state index in [1.807, 2.05) is 30.0 Å². The third kappa shape index (κ3) is 6.13. The molecule has 7 nitrogen and oxygen atoms in total. The van der Waals surface area contributed by atoms with Crippen LogP contribution in [-0.4, -0.2) is 56.7 Å². The molecule has 0 bridgehead atoms. The maximum atomic E-state index is 11.8. The number of methoxy groups -OCH3 is 1. The zero-order chi connectivity index (χ0) is 18.8. The van der Waals surface area contributed by atoms with Gasteiger partial charge < -0.3 is 25.0 Å². The molecule has 1 aliphatic rings. The molecule has 1 aliphatic heterocycles. The highest BCUT2D eigenvalue weighted by Crippen LogP contribution is 2.28. The lowest BCUT2D eigenvalue weighted by Crippen LogP contribution is -2.38. The molecule has 1 fully saturated rings. The van der Waals surface area contributed by atoms with E-state index in [1.165, 1.54) is 0 Å². The van der Waals surface area contributed by atoms with E-state index in [1.54, 1.807) is 7.11 Å². The summed E-state index contributed by atoms with van der Waals surface area (Å²) in [5.41, 5.74) is 1.07. The summed E-state index contributed by atoms with van der Waals surface area (Å²) in [6.07, 6.45) is 3.08. The van der Waals surface area contributed by atoms with Crippen molar-refractivity contribution in [2.75, 3.05) is 39.9 Å². The normalized spacial score (nSPS) is 13.6. The van der Waals surface area contributed by atoms with Gasteiger partial charge in [0.2, 0.25) is 5.91 Å². The van der Waals surface area contributed by atoms with Gasteiger partial charge >= 0.3 is 6.03 Å². The molecule has 1 saturated heterocycles. The largest absolute Gasteiger partial charge is 0.493 e. The Hall–Kier alpha value is -2.44. The second-order valence-electron chi connectivity index (χ2n) is 6.19. The van der Waals surface area contributed by atoms with Crippen LogP contribution >= 0.6 is 0 Å². The molecule has 0 aliphatic carbocycles. The Bertz CT molecular complexity index is 606. The van der Waals surface area contributed by atoms with Crippen molar-refractivity contribution in [3.05, 3.63) is 23.8 Å². The minimum Gasteiger partial charge on any atom is -0.493 e. The fourth-order valence-electron chi connectivity index (χ4n) is 2.94. The SMILES string of the molecule is CCOc1ccc(CCNC(=O)NCCCN2CCCC2=O)cc1OC. The fourth-order valence-corrected chi connectivity index (χ4v) is 2.94. The van der Waals surface area contributed by atoms with Gasteiger partial charge in [-0.2, -0.15) is 0 Å². The number of rotatable bonds is 10. The molecule has 1 aromatic rings. The maximum absolute atomic E-state index is 11.8. The number of hydrogen-bond donors (Lipinski definition) is 2. The molecular weight excluding hydrogens is 334 g/mol. The van der Waals surface area contributed by atoms with Crippen LogP contribution in [0, 0.1) is 0 Å². The van der Waals surface area contributed by atoms with Crippen molar-refractivity contribution in [3.63, 3.8) is 0 Å². The van der Waals surface area contributed by atoms with E-state index < -0.39 is 0 Å². The summed E-state index contributed by atoms with van der Waals surface area (Å²) in [5, 5.41) is 5.67. The lowest BCUT2D eigenvalue weighted by atomic mass is 10.1. The minimum absolute atomic E-state index is 0.185. The van der Waals surface area contributed by atoms with Gasteiger partial charge in [0.25, 0.3) is 0 Å². The van der Waals surface area contributed by atoms with Crippen LogP contribution in [0.2, 0.25) is 0 Å². The zero-order valence-electron chi connectivity index (χ0n) is 15.7. The van der Waals surface area contributed by atoms with Crippen LogP contribution in [0.5, 0.6) is 11.5 Å². The van der Waals surface area contributed by atoms with Gasteiger partial charge in [-0.05, 0) is 43.9 Å². The zero-order valence-corrected chi connectivity index (χ0v) is 15.7. The molecule has 0 spiro atoms. The molecule has 7 heteroatoms. The van der Waals surface area contributed by atoms with E-state index in [0.717, 1.165) is 30.7 Å². The van der Waals surface area contributed by atoms with Gasteiger partial charge in [0.1, 0.15) is 0 Å². The lowest BCUT2D eigenvalue weighted by molar-refractivity contribution is -0.127. The monoisotopic (exact) mass is 363 g/mol. The lowest BCUT2D eigenvalue weighted by Gasteiger charge is -2.15. The fraction of sp³-hybridized carbons (Fsp3) is 0.579. The molecule has 0 unspecified atom stereocenters. The second kappa shape index (κ2) is 10.5. The Balaban J connectivity index is 1.62. The topological polar surface area (TPSA) is 79.9 Å². The number of ether oxygens (including phenoxy) is 2. The van der Waals surface area contributed by atoms with Crippen LogP contribution in [0.1, 0.15) is 31.7 Å². The Morgan fingerprint density at radius 1 is 1.23 bits per heavy atom. The summed E-state index contributed by atoms with van der Waals surface area (Å²) in [4.78, 5) is 25.2. The van der Waals surface area contributed by atoms with Crippen molar-refractivity contribution in [2.24, 2.45) is 0 Å². The summed E-state index contributed by atoms with van der Waals surface area (Å²) in [6, 6.07) is 5.60. The summed E-state index contributed by atoms with van der Waals surface area (Å²) >= 11 is 0. The number of benzene rings is 1. The maximum Gasteiger partial charge on any atom is 0.314 e. The van der Waals surface area contributed by atoms with Gasteiger partial charge in [-0.1, -0.05) is 6.07 Å². The third-order valence-electron chi connectivity index (χ3n) is 4.29. The molecular formula is C19H29N3O4. The predicted molar refractivity (Wildman–Crippen MR) is 99.7 cm³/mol. The Kier molecular flexibility index (Phi) is 8.05. The first-order chi connectivity index (χ1) is 12.6. The van der Waals surface area contributed by atoms with Crippen molar-refractivity contribution in [3.8, 4) is 11.5 Å². The van der Waals surface area contributed by atoms with Crippen LogP contribution in [0.15, 0.2) is 18.2 Å². The van der Waals surface area contributed by atoms with Crippen LogP contribution < -0.4 is 20.1 Å². The van der Waals surface area contributed by atoms with Gasteiger partial charge in [0, 0.05) is 32.6 Å².